The van der Waals surface area contributed by atoms with Crippen LogP contribution in [0.2, 0.25) is 0 Å². The molecule has 0 fully saturated rings. The predicted molar refractivity (Wildman–Crippen MR) is 243 cm³/mol. The van der Waals surface area contributed by atoms with Crippen molar-refractivity contribution >= 4 is 17.9 Å². The smallest absolute Gasteiger partial charge is 0.306 e. The number of carbonyl (C=O) groups is 3. The quantitative estimate of drug-likeness (QED) is 0.0264. The summed E-state index contributed by atoms with van der Waals surface area (Å²) in [5.41, 5.74) is 0. The van der Waals surface area contributed by atoms with Gasteiger partial charge in [-0.05, 0) is 51.4 Å². The second-order valence-corrected chi connectivity index (χ2v) is 16.7. The van der Waals surface area contributed by atoms with Crippen molar-refractivity contribution in [1.82, 2.24) is 0 Å². The fourth-order valence-corrected chi connectivity index (χ4v) is 7.18. The van der Waals surface area contributed by atoms with Gasteiger partial charge < -0.3 is 14.2 Å². The number of esters is 3. The van der Waals surface area contributed by atoms with E-state index in [0.29, 0.717) is 19.3 Å². The number of ether oxygens (including phenoxy) is 3. The summed E-state index contributed by atoms with van der Waals surface area (Å²) >= 11 is 0. The van der Waals surface area contributed by atoms with E-state index in [0.717, 1.165) is 83.5 Å². The van der Waals surface area contributed by atoms with E-state index in [1.165, 1.54) is 141 Å². The topological polar surface area (TPSA) is 78.9 Å². The van der Waals surface area contributed by atoms with Crippen LogP contribution in [0.4, 0.5) is 0 Å². The van der Waals surface area contributed by atoms with Crippen LogP contribution in [0.15, 0.2) is 24.3 Å². The molecule has 6 heteroatoms. The lowest BCUT2D eigenvalue weighted by Gasteiger charge is -2.18. The third-order valence-corrected chi connectivity index (χ3v) is 11.0. The Morgan fingerprint density at radius 3 is 1.00 bits per heavy atom. The first kappa shape index (κ1) is 54.9. The Hall–Kier alpha value is -2.11. The number of unbranched alkanes of at least 4 members (excludes halogenated alkanes) is 30. The van der Waals surface area contributed by atoms with E-state index in [9.17, 15) is 14.4 Å². The summed E-state index contributed by atoms with van der Waals surface area (Å²) in [5, 5.41) is 0. The van der Waals surface area contributed by atoms with E-state index in [4.69, 9.17) is 14.2 Å². The highest BCUT2D eigenvalue weighted by molar-refractivity contribution is 5.71. The van der Waals surface area contributed by atoms with E-state index in [2.05, 4.69) is 45.1 Å². The molecular formula is C51H94O6. The van der Waals surface area contributed by atoms with Crippen molar-refractivity contribution < 1.29 is 28.6 Å². The normalized spacial score (nSPS) is 12.1. The molecule has 0 heterocycles. The van der Waals surface area contributed by atoms with Gasteiger partial charge in [0.1, 0.15) is 13.2 Å². The van der Waals surface area contributed by atoms with Gasteiger partial charge in [0, 0.05) is 19.3 Å². The van der Waals surface area contributed by atoms with Crippen LogP contribution in [0.25, 0.3) is 0 Å². The first-order valence-electron chi connectivity index (χ1n) is 24.8. The van der Waals surface area contributed by atoms with Crippen LogP contribution in [0.5, 0.6) is 0 Å². The Morgan fingerprint density at radius 2 is 0.632 bits per heavy atom. The number of hydrogen-bond donors (Lipinski definition) is 0. The van der Waals surface area contributed by atoms with E-state index >= 15 is 0 Å². The highest BCUT2D eigenvalue weighted by atomic mass is 16.6. The van der Waals surface area contributed by atoms with Crippen LogP contribution in [-0.2, 0) is 28.6 Å². The fraction of sp³-hybridized carbons (Fsp3) is 0.863. The van der Waals surface area contributed by atoms with Crippen molar-refractivity contribution in [3.63, 3.8) is 0 Å². The van der Waals surface area contributed by atoms with Gasteiger partial charge in [-0.2, -0.15) is 0 Å². The molecule has 0 aromatic rings. The molecule has 0 spiro atoms. The minimum Gasteiger partial charge on any atom is -0.462 e. The van der Waals surface area contributed by atoms with Gasteiger partial charge in [-0.3, -0.25) is 14.4 Å². The molecule has 0 aliphatic carbocycles. The lowest BCUT2D eigenvalue weighted by molar-refractivity contribution is -0.167. The number of allylic oxidation sites excluding steroid dienone is 4. The summed E-state index contributed by atoms with van der Waals surface area (Å²) in [7, 11) is 0. The summed E-state index contributed by atoms with van der Waals surface area (Å²) in [6.07, 6.45) is 51.7. The Bertz CT molecular complexity index is 927. The average molecular weight is 803 g/mol. The minimum atomic E-state index is -0.770. The molecule has 0 radical (unpaired) electrons. The first-order valence-corrected chi connectivity index (χ1v) is 24.8. The van der Waals surface area contributed by atoms with Crippen LogP contribution < -0.4 is 0 Å². The molecule has 0 aromatic heterocycles. The van der Waals surface area contributed by atoms with Gasteiger partial charge in [0.15, 0.2) is 6.10 Å². The number of carbonyl (C=O) groups excluding carboxylic acids is 3. The van der Waals surface area contributed by atoms with Crippen LogP contribution in [0, 0.1) is 0 Å². The third kappa shape index (κ3) is 44.8. The van der Waals surface area contributed by atoms with E-state index < -0.39 is 6.10 Å². The van der Waals surface area contributed by atoms with Crippen molar-refractivity contribution in [1.29, 1.82) is 0 Å². The molecule has 0 bridgehead atoms. The van der Waals surface area contributed by atoms with Gasteiger partial charge in [-0.25, -0.2) is 0 Å². The monoisotopic (exact) mass is 803 g/mol. The molecule has 1 atom stereocenters. The van der Waals surface area contributed by atoms with E-state index in [1.54, 1.807) is 0 Å². The maximum Gasteiger partial charge on any atom is 0.306 e. The first-order chi connectivity index (χ1) is 28.0. The molecular weight excluding hydrogens is 709 g/mol. The van der Waals surface area contributed by atoms with Crippen LogP contribution in [0.1, 0.15) is 265 Å². The molecule has 57 heavy (non-hydrogen) atoms. The van der Waals surface area contributed by atoms with Crippen LogP contribution >= 0.6 is 0 Å². The zero-order valence-electron chi connectivity index (χ0n) is 38.1. The summed E-state index contributed by atoms with van der Waals surface area (Å²) < 4.78 is 16.7. The Morgan fingerprint density at radius 1 is 0.351 bits per heavy atom. The maximum atomic E-state index is 12.7. The largest absolute Gasteiger partial charge is 0.462 e. The summed E-state index contributed by atoms with van der Waals surface area (Å²) in [6, 6.07) is 0. The maximum absolute atomic E-state index is 12.7. The van der Waals surface area contributed by atoms with Crippen molar-refractivity contribution in [2.45, 2.75) is 271 Å². The van der Waals surface area contributed by atoms with Crippen molar-refractivity contribution in [3.8, 4) is 0 Å². The Kier molecular flexibility index (Phi) is 44.9. The van der Waals surface area contributed by atoms with E-state index in [1.807, 2.05) is 0 Å². The zero-order valence-corrected chi connectivity index (χ0v) is 38.1. The number of hydrogen-bond acceptors (Lipinski definition) is 6. The van der Waals surface area contributed by atoms with Crippen LogP contribution in [-0.4, -0.2) is 37.2 Å². The highest BCUT2D eigenvalue weighted by Crippen LogP contribution is 2.16. The van der Waals surface area contributed by atoms with Crippen molar-refractivity contribution in [2.75, 3.05) is 13.2 Å². The lowest BCUT2D eigenvalue weighted by Crippen LogP contribution is -2.30. The lowest BCUT2D eigenvalue weighted by atomic mass is 10.0. The molecule has 6 nitrogen and oxygen atoms in total. The van der Waals surface area contributed by atoms with Gasteiger partial charge in [0.2, 0.25) is 0 Å². The van der Waals surface area contributed by atoms with Crippen molar-refractivity contribution in [2.24, 2.45) is 0 Å². The van der Waals surface area contributed by atoms with Crippen molar-refractivity contribution in [3.05, 3.63) is 24.3 Å². The SMILES string of the molecule is CCCCC/C=C\C/C=C\CCCCCCCC(=O)OC(COC(=O)CCCCCCCCC)COC(=O)CCCCCCCCCCCCCCCCCCC. The molecule has 0 saturated heterocycles. The van der Waals surface area contributed by atoms with Gasteiger partial charge in [-0.1, -0.05) is 218 Å². The molecule has 334 valence electrons. The van der Waals surface area contributed by atoms with E-state index in [-0.39, 0.29) is 31.1 Å². The molecule has 0 rings (SSSR count). The Balaban J connectivity index is 4.25. The molecule has 0 aliphatic rings. The molecule has 0 amide bonds. The van der Waals surface area contributed by atoms with Gasteiger partial charge in [0.25, 0.3) is 0 Å². The van der Waals surface area contributed by atoms with Gasteiger partial charge in [-0.15, -0.1) is 0 Å². The van der Waals surface area contributed by atoms with Crippen LogP contribution in [0.3, 0.4) is 0 Å². The second kappa shape index (κ2) is 46.6. The zero-order chi connectivity index (χ0) is 41.5. The average Bonchev–Trinajstić information content (AvgIpc) is 3.21. The minimum absolute atomic E-state index is 0.0730. The van der Waals surface area contributed by atoms with Gasteiger partial charge in [0.05, 0.1) is 0 Å². The molecule has 0 N–H and O–H groups in total. The molecule has 0 aromatic carbocycles. The highest BCUT2D eigenvalue weighted by Gasteiger charge is 2.19. The molecule has 0 saturated carbocycles. The summed E-state index contributed by atoms with van der Waals surface area (Å²) in [4.78, 5) is 37.7. The summed E-state index contributed by atoms with van der Waals surface area (Å²) in [6.45, 7) is 6.58. The number of rotatable bonds is 45. The Labute approximate surface area is 353 Å². The molecule has 0 aliphatic heterocycles. The standard InChI is InChI=1S/C51H94O6/c1-4-7-10-13-16-18-20-22-24-25-27-28-30-32-35-38-41-44-50(53)56-47-48(46-55-49(52)43-40-37-34-15-12-9-6-3)57-51(54)45-42-39-36-33-31-29-26-23-21-19-17-14-11-8-5-2/h17,19,23,26,48H,4-16,18,20-22,24-25,27-47H2,1-3H3/b19-17-,26-23-. The predicted octanol–water partition coefficient (Wildman–Crippen LogP) is 16.0. The summed E-state index contributed by atoms with van der Waals surface area (Å²) in [5.74, 6) is -0.883. The molecule has 1 unspecified atom stereocenters. The fourth-order valence-electron chi connectivity index (χ4n) is 7.18. The second-order valence-electron chi connectivity index (χ2n) is 16.7. The van der Waals surface area contributed by atoms with Gasteiger partial charge >= 0.3 is 17.9 Å². The third-order valence-electron chi connectivity index (χ3n) is 11.0.